The Morgan fingerprint density at radius 3 is 2.52 bits per heavy atom. The van der Waals surface area contributed by atoms with E-state index in [1.54, 1.807) is 48.4 Å². The van der Waals surface area contributed by atoms with E-state index in [9.17, 15) is 9.59 Å². The number of hydrogen-bond donors (Lipinski definition) is 1. The van der Waals surface area contributed by atoms with Crippen LogP contribution in [0.2, 0.25) is 5.02 Å². The highest BCUT2D eigenvalue weighted by molar-refractivity contribution is 6.30. The highest BCUT2D eigenvalue weighted by Crippen LogP contribution is 2.13. The molecule has 1 N–H and O–H groups in total. The van der Waals surface area contributed by atoms with Crippen molar-refractivity contribution in [1.29, 1.82) is 0 Å². The number of hydrogen-bond acceptors (Lipinski definition) is 3. The number of carbonyl (C=O) groups is 2. The summed E-state index contributed by atoms with van der Waals surface area (Å²) in [6.45, 7) is 2.78. The predicted octanol–water partition coefficient (Wildman–Crippen LogP) is 3.13. The molecule has 0 bridgehead atoms. The molecule has 2 aromatic carbocycles. The monoisotopic (exact) mass is 360 g/mol. The Hall–Kier alpha value is -2.53. The number of halogens is 1. The van der Waals surface area contributed by atoms with Crippen LogP contribution in [0.25, 0.3) is 0 Å². The molecule has 0 aliphatic heterocycles. The first-order valence-corrected chi connectivity index (χ1v) is 8.29. The van der Waals surface area contributed by atoms with Crippen LogP contribution in [-0.2, 0) is 11.3 Å². The molecule has 2 rings (SSSR count). The number of benzene rings is 2. The lowest BCUT2D eigenvalue weighted by molar-refractivity contribution is -0.129. The quantitative estimate of drug-likeness (QED) is 0.825. The maximum atomic E-state index is 12.2. The second-order valence-electron chi connectivity index (χ2n) is 5.55. The fraction of sp³-hybridized carbons (Fsp3) is 0.263. The zero-order chi connectivity index (χ0) is 18.2. The van der Waals surface area contributed by atoms with E-state index in [1.807, 2.05) is 12.1 Å². The van der Waals surface area contributed by atoms with Crippen LogP contribution >= 0.6 is 11.6 Å². The van der Waals surface area contributed by atoms with E-state index in [0.717, 1.165) is 5.56 Å². The number of amides is 2. The van der Waals surface area contributed by atoms with Crippen LogP contribution in [-0.4, -0.2) is 36.9 Å². The minimum atomic E-state index is -0.200. The van der Waals surface area contributed by atoms with E-state index in [1.165, 1.54) is 6.92 Å². The van der Waals surface area contributed by atoms with Crippen molar-refractivity contribution >= 4 is 23.4 Å². The first kappa shape index (κ1) is 18.8. The molecular weight excluding hydrogens is 340 g/mol. The average molecular weight is 361 g/mol. The van der Waals surface area contributed by atoms with Gasteiger partial charge in [-0.25, -0.2) is 0 Å². The molecule has 0 saturated carbocycles. The molecule has 0 spiro atoms. The van der Waals surface area contributed by atoms with E-state index in [-0.39, 0.29) is 11.8 Å². The summed E-state index contributed by atoms with van der Waals surface area (Å²) in [4.78, 5) is 25.7. The first-order chi connectivity index (χ1) is 12.0. The summed E-state index contributed by atoms with van der Waals surface area (Å²) in [5.74, 6) is 0.375. The van der Waals surface area contributed by atoms with Crippen LogP contribution in [0.5, 0.6) is 5.75 Å². The van der Waals surface area contributed by atoms with Crippen LogP contribution in [0.3, 0.4) is 0 Å². The Kier molecular flexibility index (Phi) is 6.83. The number of nitrogens with zero attached hydrogens (tertiary/aromatic N) is 1. The van der Waals surface area contributed by atoms with Crippen molar-refractivity contribution in [3.05, 3.63) is 64.7 Å². The number of methoxy groups -OCH3 is 1. The molecule has 0 aliphatic rings. The van der Waals surface area contributed by atoms with E-state index >= 15 is 0 Å². The van der Waals surface area contributed by atoms with Crippen LogP contribution in [0.1, 0.15) is 22.8 Å². The zero-order valence-corrected chi connectivity index (χ0v) is 15.0. The Morgan fingerprint density at radius 2 is 1.88 bits per heavy atom. The molecule has 25 heavy (non-hydrogen) atoms. The van der Waals surface area contributed by atoms with Gasteiger partial charge in [-0.2, -0.15) is 0 Å². The standard InChI is InChI=1S/C19H21ClN2O3/c1-14(23)22(13-15-6-8-17(20)9-7-15)11-10-21-19(24)16-4-3-5-18(12-16)25-2/h3-9,12H,10-11,13H2,1-2H3,(H,21,24). The minimum absolute atomic E-state index is 0.0504. The average Bonchev–Trinajstić information content (AvgIpc) is 2.62. The Morgan fingerprint density at radius 1 is 1.16 bits per heavy atom. The topological polar surface area (TPSA) is 58.6 Å². The Labute approximate surface area is 152 Å². The third-order valence-electron chi connectivity index (χ3n) is 3.73. The lowest BCUT2D eigenvalue weighted by Gasteiger charge is -2.21. The van der Waals surface area contributed by atoms with Gasteiger partial charge in [0.25, 0.3) is 5.91 Å². The molecule has 0 aliphatic carbocycles. The zero-order valence-electron chi connectivity index (χ0n) is 14.3. The van der Waals surface area contributed by atoms with Crippen LogP contribution in [0.15, 0.2) is 48.5 Å². The molecule has 0 unspecified atom stereocenters. The third-order valence-corrected chi connectivity index (χ3v) is 3.98. The molecule has 2 aromatic rings. The summed E-state index contributed by atoms with van der Waals surface area (Å²) < 4.78 is 5.11. The van der Waals surface area contributed by atoms with E-state index in [4.69, 9.17) is 16.3 Å². The van der Waals surface area contributed by atoms with Crippen molar-refractivity contribution in [3.8, 4) is 5.75 Å². The van der Waals surface area contributed by atoms with E-state index in [2.05, 4.69) is 5.32 Å². The van der Waals surface area contributed by atoms with Crippen molar-refractivity contribution in [2.24, 2.45) is 0 Å². The summed E-state index contributed by atoms with van der Waals surface area (Å²) in [7, 11) is 1.55. The molecule has 0 atom stereocenters. The molecule has 5 nitrogen and oxygen atoms in total. The van der Waals surface area contributed by atoms with Gasteiger partial charge < -0.3 is 15.0 Å². The summed E-state index contributed by atoms with van der Waals surface area (Å²) in [5.41, 5.74) is 1.50. The molecule has 2 amide bonds. The van der Waals surface area contributed by atoms with E-state index < -0.39 is 0 Å². The van der Waals surface area contributed by atoms with Crippen molar-refractivity contribution in [2.75, 3.05) is 20.2 Å². The number of rotatable bonds is 7. The van der Waals surface area contributed by atoms with Gasteiger partial charge in [0.2, 0.25) is 5.91 Å². The Bertz CT molecular complexity index is 732. The molecule has 0 fully saturated rings. The van der Waals surface area contributed by atoms with Crippen LogP contribution in [0.4, 0.5) is 0 Å². The molecule has 132 valence electrons. The molecular formula is C19H21ClN2O3. The minimum Gasteiger partial charge on any atom is -0.497 e. The van der Waals surface area contributed by atoms with Gasteiger partial charge in [-0.1, -0.05) is 29.8 Å². The number of nitrogens with one attached hydrogen (secondary N) is 1. The van der Waals surface area contributed by atoms with Crippen molar-refractivity contribution in [1.82, 2.24) is 10.2 Å². The van der Waals surface area contributed by atoms with Crippen LogP contribution < -0.4 is 10.1 Å². The summed E-state index contributed by atoms with van der Waals surface area (Å²) in [6.07, 6.45) is 0. The van der Waals surface area contributed by atoms with Gasteiger partial charge in [-0.05, 0) is 35.9 Å². The largest absolute Gasteiger partial charge is 0.497 e. The highest BCUT2D eigenvalue weighted by atomic mass is 35.5. The second-order valence-corrected chi connectivity index (χ2v) is 5.99. The van der Waals surface area contributed by atoms with Gasteiger partial charge in [0.15, 0.2) is 0 Å². The smallest absolute Gasteiger partial charge is 0.251 e. The predicted molar refractivity (Wildman–Crippen MR) is 97.9 cm³/mol. The normalized spacial score (nSPS) is 10.2. The highest BCUT2D eigenvalue weighted by Gasteiger charge is 2.11. The van der Waals surface area contributed by atoms with Gasteiger partial charge in [-0.3, -0.25) is 9.59 Å². The SMILES string of the molecule is COc1cccc(C(=O)NCCN(Cc2ccc(Cl)cc2)C(C)=O)c1. The second kappa shape index (κ2) is 9.08. The maximum absolute atomic E-state index is 12.2. The molecule has 0 radical (unpaired) electrons. The lowest BCUT2D eigenvalue weighted by Crippen LogP contribution is -2.37. The van der Waals surface area contributed by atoms with Gasteiger partial charge in [0, 0.05) is 37.1 Å². The Balaban J connectivity index is 1.89. The summed E-state index contributed by atoms with van der Waals surface area (Å²) in [5, 5.41) is 3.48. The van der Waals surface area contributed by atoms with Gasteiger partial charge in [0.1, 0.15) is 5.75 Å². The van der Waals surface area contributed by atoms with E-state index in [0.29, 0.717) is 36.0 Å². The summed E-state index contributed by atoms with van der Waals surface area (Å²) >= 11 is 5.87. The molecule has 0 aromatic heterocycles. The third kappa shape index (κ3) is 5.80. The summed E-state index contributed by atoms with van der Waals surface area (Å²) in [6, 6.07) is 14.3. The number of carbonyl (C=O) groups excluding carboxylic acids is 2. The van der Waals surface area contributed by atoms with Gasteiger partial charge in [-0.15, -0.1) is 0 Å². The molecule has 0 saturated heterocycles. The van der Waals surface area contributed by atoms with Gasteiger partial charge in [0.05, 0.1) is 7.11 Å². The van der Waals surface area contributed by atoms with Crippen LogP contribution in [0, 0.1) is 0 Å². The van der Waals surface area contributed by atoms with Crippen molar-refractivity contribution in [3.63, 3.8) is 0 Å². The fourth-order valence-electron chi connectivity index (χ4n) is 2.33. The van der Waals surface area contributed by atoms with Crippen molar-refractivity contribution < 1.29 is 14.3 Å². The molecule has 0 heterocycles. The maximum Gasteiger partial charge on any atom is 0.251 e. The lowest BCUT2D eigenvalue weighted by atomic mass is 10.2. The molecule has 6 heteroatoms. The first-order valence-electron chi connectivity index (χ1n) is 7.92. The fourth-order valence-corrected chi connectivity index (χ4v) is 2.45. The van der Waals surface area contributed by atoms with Crippen molar-refractivity contribution in [2.45, 2.75) is 13.5 Å². The number of ether oxygens (including phenoxy) is 1. The van der Waals surface area contributed by atoms with Gasteiger partial charge >= 0.3 is 0 Å².